The molecule has 1 heterocycles. The second kappa shape index (κ2) is 5.32. The Hall–Kier alpha value is -2.87. The number of hydrogen-bond donors (Lipinski definition) is 0. The van der Waals surface area contributed by atoms with Gasteiger partial charge in [0.2, 0.25) is 0 Å². The summed E-state index contributed by atoms with van der Waals surface area (Å²) in [5.74, 6) is 0.905. The Morgan fingerprint density at radius 2 is 1.80 bits per heavy atom. The number of nitrogens with zero attached hydrogens (tertiary/aromatic N) is 1. The summed E-state index contributed by atoms with van der Waals surface area (Å²) in [6.07, 6.45) is 19.5. The summed E-state index contributed by atoms with van der Waals surface area (Å²) in [5.41, 5.74) is 5.71. The van der Waals surface area contributed by atoms with Crippen molar-refractivity contribution < 1.29 is 4.79 Å². The third kappa shape index (κ3) is 2.14. The van der Waals surface area contributed by atoms with Crippen LogP contribution in [0.15, 0.2) is 95.8 Å². The molecule has 4 aliphatic carbocycles. The zero-order valence-electron chi connectivity index (χ0n) is 14.1. The van der Waals surface area contributed by atoms with E-state index in [4.69, 9.17) is 0 Å². The quantitative estimate of drug-likeness (QED) is 0.689. The maximum Gasteiger partial charge on any atom is 0.255 e. The van der Waals surface area contributed by atoms with E-state index in [2.05, 4.69) is 67.7 Å². The molecule has 5 aliphatic rings. The molecule has 0 N–H and O–H groups in total. The molecule has 3 atom stereocenters. The molecule has 0 aromatic heterocycles. The van der Waals surface area contributed by atoms with Crippen molar-refractivity contribution in [3.8, 4) is 0 Å². The summed E-state index contributed by atoms with van der Waals surface area (Å²) in [5, 5.41) is 0. The second-order valence-corrected chi connectivity index (χ2v) is 7.06. The van der Waals surface area contributed by atoms with Gasteiger partial charge in [0.05, 0.1) is 5.70 Å². The molecule has 0 saturated carbocycles. The van der Waals surface area contributed by atoms with E-state index in [0.29, 0.717) is 11.8 Å². The fraction of sp³-hybridized carbons (Fsp3) is 0.174. The van der Waals surface area contributed by atoms with E-state index in [9.17, 15) is 4.79 Å². The van der Waals surface area contributed by atoms with Crippen LogP contribution < -0.4 is 4.90 Å². The summed E-state index contributed by atoms with van der Waals surface area (Å²) in [6, 6.07) is 8.19. The number of hydrogen-bond acceptors (Lipinski definition) is 1. The first-order valence-corrected chi connectivity index (χ1v) is 8.80. The zero-order valence-corrected chi connectivity index (χ0v) is 14.1. The van der Waals surface area contributed by atoms with Gasteiger partial charge in [-0.15, -0.1) is 0 Å². The molecule has 2 heteroatoms. The van der Waals surface area contributed by atoms with E-state index in [-0.39, 0.29) is 11.8 Å². The lowest BCUT2D eigenvalue weighted by Crippen LogP contribution is -2.24. The lowest BCUT2D eigenvalue weighted by Gasteiger charge is -2.28. The molecule has 1 aromatic rings. The van der Waals surface area contributed by atoms with E-state index in [1.807, 2.05) is 23.1 Å². The molecule has 2 nitrogen and oxygen atoms in total. The Bertz CT molecular complexity index is 937. The predicted octanol–water partition coefficient (Wildman–Crippen LogP) is 4.64. The minimum Gasteiger partial charge on any atom is -0.278 e. The number of carbonyl (C=O) groups excluding carboxylic acids is 1. The lowest BCUT2D eigenvalue weighted by atomic mass is 9.75. The van der Waals surface area contributed by atoms with E-state index >= 15 is 0 Å². The standard InChI is InChI=1S/C23H19NO/c1-15-7-10-17(11-8-15)24-22-13-16-9-12-20(21(22)14-23(24)25)19-6-4-2-3-5-18(16)19/h2-14,16,18,20H,1H3/t16-,18+,20-/m1/s1. The largest absolute Gasteiger partial charge is 0.278 e. The zero-order chi connectivity index (χ0) is 17.0. The fourth-order valence-electron chi connectivity index (χ4n) is 4.29. The van der Waals surface area contributed by atoms with Crippen molar-refractivity contribution in [3.05, 3.63) is 101 Å². The van der Waals surface area contributed by atoms with Gasteiger partial charge in [-0.3, -0.25) is 9.69 Å². The van der Waals surface area contributed by atoms with Crippen molar-refractivity contribution in [2.45, 2.75) is 6.92 Å². The Balaban J connectivity index is 1.64. The number of amides is 1. The van der Waals surface area contributed by atoms with Gasteiger partial charge < -0.3 is 0 Å². The summed E-state index contributed by atoms with van der Waals surface area (Å²) in [7, 11) is 0. The molecule has 2 bridgehead atoms. The minimum absolute atomic E-state index is 0.0582. The maximum atomic E-state index is 12.8. The monoisotopic (exact) mass is 325 g/mol. The average Bonchev–Trinajstić information content (AvgIpc) is 2.82. The highest BCUT2D eigenvalue weighted by Crippen LogP contribution is 2.48. The van der Waals surface area contributed by atoms with Gasteiger partial charge in [-0.05, 0) is 24.6 Å². The van der Waals surface area contributed by atoms with Gasteiger partial charge in [0.1, 0.15) is 0 Å². The SMILES string of the molecule is Cc1ccc(N2C(=O)C=C3C2=C[C@H]2C=C[C@@H]3C3=CC=CC=C[C@H]32)cc1. The van der Waals surface area contributed by atoms with Crippen LogP contribution in [0.3, 0.4) is 0 Å². The van der Waals surface area contributed by atoms with Crippen LogP contribution in [-0.4, -0.2) is 5.91 Å². The Kier molecular flexibility index (Phi) is 3.08. The molecular weight excluding hydrogens is 306 g/mol. The molecule has 1 aromatic carbocycles. The molecule has 0 fully saturated rings. The van der Waals surface area contributed by atoms with Gasteiger partial charge in [-0.2, -0.15) is 0 Å². The van der Waals surface area contributed by atoms with Gasteiger partial charge in [0.25, 0.3) is 5.91 Å². The fourth-order valence-corrected chi connectivity index (χ4v) is 4.29. The van der Waals surface area contributed by atoms with Crippen LogP contribution in [0.25, 0.3) is 0 Å². The average molecular weight is 325 g/mol. The van der Waals surface area contributed by atoms with E-state index in [1.54, 1.807) is 0 Å². The highest BCUT2D eigenvalue weighted by molar-refractivity contribution is 6.09. The van der Waals surface area contributed by atoms with E-state index in [1.165, 1.54) is 11.1 Å². The number of benzene rings is 1. The molecule has 122 valence electrons. The third-order valence-corrected chi connectivity index (χ3v) is 5.53. The van der Waals surface area contributed by atoms with Crippen molar-refractivity contribution >= 4 is 11.6 Å². The van der Waals surface area contributed by atoms with E-state index < -0.39 is 0 Å². The molecule has 6 rings (SSSR count). The number of allylic oxidation sites excluding steroid dienone is 10. The van der Waals surface area contributed by atoms with Crippen LogP contribution in [0.4, 0.5) is 5.69 Å². The Morgan fingerprint density at radius 3 is 2.64 bits per heavy atom. The van der Waals surface area contributed by atoms with Crippen molar-refractivity contribution in [3.63, 3.8) is 0 Å². The van der Waals surface area contributed by atoms with Gasteiger partial charge in [-0.25, -0.2) is 0 Å². The summed E-state index contributed by atoms with van der Waals surface area (Å²) in [6.45, 7) is 2.06. The lowest BCUT2D eigenvalue weighted by molar-refractivity contribution is -0.113. The highest BCUT2D eigenvalue weighted by Gasteiger charge is 2.41. The maximum absolute atomic E-state index is 12.8. The van der Waals surface area contributed by atoms with Crippen LogP contribution >= 0.6 is 0 Å². The number of carbonyl (C=O) groups is 1. The minimum atomic E-state index is 0.0582. The molecule has 1 aliphatic heterocycles. The van der Waals surface area contributed by atoms with Crippen molar-refractivity contribution in [2.24, 2.45) is 17.8 Å². The first-order chi connectivity index (χ1) is 12.2. The normalized spacial score (nSPS) is 28.8. The molecule has 0 spiro atoms. The highest BCUT2D eigenvalue weighted by atomic mass is 16.2. The smallest absolute Gasteiger partial charge is 0.255 e. The molecule has 1 amide bonds. The van der Waals surface area contributed by atoms with Gasteiger partial charge in [0, 0.05) is 29.5 Å². The Labute approximate surface area is 147 Å². The van der Waals surface area contributed by atoms with Gasteiger partial charge in [-0.1, -0.05) is 71.9 Å². The van der Waals surface area contributed by atoms with Crippen molar-refractivity contribution in [2.75, 3.05) is 4.90 Å². The first-order valence-electron chi connectivity index (χ1n) is 8.80. The van der Waals surface area contributed by atoms with Crippen molar-refractivity contribution in [1.82, 2.24) is 0 Å². The summed E-state index contributed by atoms with van der Waals surface area (Å²) in [4.78, 5) is 14.6. The second-order valence-electron chi connectivity index (χ2n) is 7.06. The third-order valence-electron chi connectivity index (χ3n) is 5.53. The molecule has 0 unspecified atom stereocenters. The van der Waals surface area contributed by atoms with Crippen LogP contribution in [0, 0.1) is 24.7 Å². The van der Waals surface area contributed by atoms with Gasteiger partial charge in [0.15, 0.2) is 0 Å². The number of aryl methyl sites for hydroxylation is 1. The van der Waals surface area contributed by atoms with Crippen LogP contribution in [0.1, 0.15) is 5.56 Å². The Morgan fingerprint density at radius 1 is 0.960 bits per heavy atom. The summed E-state index contributed by atoms with van der Waals surface area (Å²) < 4.78 is 0. The topological polar surface area (TPSA) is 20.3 Å². The predicted molar refractivity (Wildman–Crippen MR) is 101 cm³/mol. The van der Waals surface area contributed by atoms with Gasteiger partial charge >= 0.3 is 0 Å². The van der Waals surface area contributed by atoms with E-state index in [0.717, 1.165) is 17.0 Å². The molecule has 25 heavy (non-hydrogen) atoms. The molecular formula is C23H19NO. The van der Waals surface area contributed by atoms with Crippen molar-refractivity contribution in [1.29, 1.82) is 0 Å². The first kappa shape index (κ1) is 14.5. The molecule has 0 radical (unpaired) electrons. The van der Waals surface area contributed by atoms with Crippen LogP contribution in [-0.2, 0) is 4.79 Å². The summed E-state index contributed by atoms with van der Waals surface area (Å²) >= 11 is 0. The number of anilines is 1. The van der Waals surface area contributed by atoms with Crippen LogP contribution in [0.5, 0.6) is 0 Å². The van der Waals surface area contributed by atoms with Crippen LogP contribution in [0.2, 0.25) is 0 Å². The number of rotatable bonds is 1. The molecule has 0 saturated heterocycles.